The van der Waals surface area contributed by atoms with Crippen molar-refractivity contribution in [1.29, 1.82) is 0 Å². The molecule has 1 aromatic heterocycles. The van der Waals surface area contributed by atoms with Crippen molar-refractivity contribution in [3.05, 3.63) is 45.9 Å². The van der Waals surface area contributed by atoms with Crippen molar-refractivity contribution in [2.75, 3.05) is 13.7 Å². The Balaban J connectivity index is 1.74. The lowest BCUT2D eigenvalue weighted by Crippen LogP contribution is -2.52. The molecule has 0 bridgehead atoms. The number of aliphatic hydroxyl groups excluding tert-OH is 3. The summed E-state index contributed by atoms with van der Waals surface area (Å²) in [6.07, 6.45) is -4.07. The van der Waals surface area contributed by atoms with Gasteiger partial charge in [-0.05, 0) is 12.1 Å². The minimum atomic E-state index is -2.00. The fraction of sp³-hybridized carbons (Fsp3) is 0.444. The van der Waals surface area contributed by atoms with Crippen molar-refractivity contribution in [2.24, 2.45) is 10.7 Å². The second-order valence-corrected chi connectivity index (χ2v) is 7.46. The number of nitro groups is 1. The molecule has 0 aliphatic carbocycles. The fourth-order valence-corrected chi connectivity index (χ4v) is 3.88. The van der Waals surface area contributed by atoms with Crippen LogP contribution in [0, 0.1) is 10.1 Å². The van der Waals surface area contributed by atoms with Crippen LogP contribution in [-0.2, 0) is 16.9 Å². The van der Waals surface area contributed by atoms with Gasteiger partial charge in [0.25, 0.3) is 5.69 Å². The van der Waals surface area contributed by atoms with Crippen LogP contribution in [0.25, 0.3) is 0 Å². The van der Waals surface area contributed by atoms with Gasteiger partial charge in [0.15, 0.2) is 23.7 Å². The van der Waals surface area contributed by atoms with Gasteiger partial charge >= 0.3 is 0 Å². The molecule has 1 saturated heterocycles. The monoisotopic (exact) mass is 450 g/mol. The maximum absolute atomic E-state index is 11.5. The number of methoxy groups -OCH3 is 1. The second kappa shape index (κ2) is 7.99. The van der Waals surface area contributed by atoms with Crippen LogP contribution in [0.15, 0.2) is 29.5 Å². The number of nitrogens with one attached hydrogen (secondary N) is 1. The van der Waals surface area contributed by atoms with Gasteiger partial charge in [-0.15, -0.1) is 0 Å². The summed E-state index contributed by atoms with van der Waals surface area (Å²) in [7, 11) is 1.41. The number of nitro benzene ring substituents is 1. The first-order valence-corrected chi connectivity index (χ1v) is 9.54. The number of fused-ring (bicyclic) bond motifs is 1. The highest BCUT2D eigenvalue weighted by atomic mass is 16.6. The van der Waals surface area contributed by atoms with E-state index in [0.29, 0.717) is 5.75 Å². The Morgan fingerprint density at radius 1 is 1.41 bits per heavy atom. The summed E-state index contributed by atoms with van der Waals surface area (Å²) >= 11 is 0. The van der Waals surface area contributed by atoms with Crippen LogP contribution in [0.2, 0.25) is 0 Å². The highest BCUT2D eigenvalue weighted by molar-refractivity contribution is 5.83. The molecule has 14 heteroatoms. The number of aliphatic imine (C=N–C) groups is 1. The molecule has 4 rings (SSSR count). The van der Waals surface area contributed by atoms with Gasteiger partial charge in [-0.3, -0.25) is 14.7 Å². The normalized spacial score (nSPS) is 29.2. The Kier molecular flexibility index (Phi) is 5.47. The van der Waals surface area contributed by atoms with E-state index in [1.54, 1.807) is 0 Å². The SMILES string of the molecule is COc1ccc([N+](=O)[O-])c(CC2(O)NC(N)=Nc3c2ncn3[C@@H]2O[C@H](CO)[C@@H](O)[C@H]2O)c1. The molecule has 0 spiro atoms. The molecule has 1 fully saturated rings. The first kappa shape index (κ1) is 21.9. The van der Waals surface area contributed by atoms with Gasteiger partial charge in [0.1, 0.15) is 29.8 Å². The van der Waals surface area contributed by atoms with E-state index in [2.05, 4.69) is 15.3 Å². The average Bonchev–Trinajstić information content (AvgIpc) is 3.29. The second-order valence-electron chi connectivity index (χ2n) is 7.46. The third-order valence-electron chi connectivity index (χ3n) is 5.44. The summed E-state index contributed by atoms with van der Waals surface area (Å²) in [6, 6.07) is 4.11. The van der Waals surface area contributed by atoms with Crippen LogP contribution in [-0.4, -0.2) is 72.9 Å². The van der Waals surface area contributed by atoms with Crippen molar-refractivity contribution < 1.29 is 34.8 Å². The standard InChI is InChI=1S/C18H22N6O8/c1-31-9-2-3-10(24(29)30)8(4-9)5-18(28)14-15(21-17(19)22-18)23(7-20-14)16-13(27)12(26)11(6-25)32-16/h2-4,7,11-13,16,25-28H,5-6H2,1H3,(H3,19,21,22)/t11-,12-,13-,16-,18?/m1/s1. The maximum Gasteiger partial charge on any atom is 0.273 e. The lowest BCUT2D eigenvalue weighted by Gasteiger charge is -2.32. The Hall–Kier alpha value is -3.30. The van der Waals surface area contributed by atoms with Gasteiger partial charge in [-0.25, -0.2) is 4.98 Å². The lowest BCUT2D eigenvalue weighted by atomic mass is 9.96. The van der Waals surface area contributed by atoms with E-state index in [1.807, 2.05) is 0 Å². The van der Waals surface area contributed by atoms with Crippen LogP contribution in [0.4, 0.5) is 11.5 Å². The highest BCUT2D eigenvalue weighted by Gasteiger charge is 2.47. The zero-order chi connectivity index (χ0) is 23.2. The molecule has 172 valence electrons. The van der Waals surface area contributed by atoms with Crippen LogP contribution >= 0.6 is 0 Å². The molecular formula is C18H22N6O8. The first-order chi connectivity index (χ1) is 15.2. The van der Waals surface area contributed by atoms with E-state index in [0.717, 1.165) is 0 Å². The number of hydrogen-bond donors (Lipinski definition) is 6. The minimum absolute atomic E-state index is 0.0177. The van der Waals surface area contributed by atoms with E-state index in [9.17, 15) is 30.5 Å². The van der Waals surface area contributed by atoms with Crippen LogP contribution in [0.3, 0.4) is 0 Å². The Morgan fingerprint density at radius 2 is 2.16 bits per heavy atom. The fourth-order valence-electron chi connectivity index (χ4n) is 3.88. The van der Waals surface area contributed by atoms with Crippen LogP contribution in [0.1, 0.15) is 17.5 Å². The summed E-state index contributed by atoms with van der Waals surface area (Å²) < 4.78 is 11.9. The van der Waals surface area contributed by atoms with Gasteiger partial charge < -0.3 is 41.0 Å². The zero-order valence-electron chi connectivity index (χ0n) is 16.8. The molecule has 0 saturated carbocycles. The van der Waals surface area contributed by atoms with Gasteiger partial charge in [-0.2, -0.15) is 4.99 Å². The lowest BCUT2D eigenvalue weighted by molar-refractivity contribution is -0.385. The third-order valence-corrected chi connectivity index (χ3v) is 5.44. The molecule has 3 heterocycles. The molecule has 14 nitrogen and oxygen atoms in total. The smallest absolute Gasteiger partial charge is 0.273 e. The molecule has 1 aromatic carbocycles. The summed E-state index contributed by atoms with van der Waals surface area (Å²) in [5.74, 6) is 0.159. The van der Waals surface area contributed by atoms with Crippen molar-refractivity contribution in [3.63, 3.8) is 0 Å². The van der Waals surface area contributed by atoms with Crippen molar-refractivity contribution in [2.45, 2.75) is 36.7 Å². The number of imidazole rings is 1. The molecule has 5 atom stereocenters. The van der Waals surface area contributed by atoms with Gasteiger partial charge in [0, 0.05) is 18.1 Å². The average molecular weight is 450 g/mol. The highest BCUT2D eigenvalue weighted by Crippen LogP contribution is 2.40. The molecule has 1 unspecified atom stereocenters. The molecule has 0 radical (unpaired) electrons. The summed E-state index contributed by atoms with van der Waals surface area (Å²) in [5.41, 5.74) is 3.74. The number of nitrogens with two attached hydrogens (primary N) is 1. The first-order valence-electron chi connectivity index (χ1n) is 9.54. The molecule has 7 N–H and O–H groups in total. The maximum atomic E-state index is 11.5. The number of ether oxygens (including phenoxy) is 2. The van der Waals surface area contributed by atoms with Gasteiger partial charge in [-0.1, -0.05) is 0 Å². The predicted octanol–water partition coefficient (Wildman–Crippen LogP) is -1.65. The van der Waals surface area contributed by atoms with Crippen molar-refractivity contribution in [1.82, 2.24) is 14.9 Å². The molecule has 2 aliphatic heterocycles. The number of rotatable bonds is 6. The summed E-state index contributed by atoms with van der Waals surface area (Å²) in [6.45, 7) is -0.526. The van der Waals surface area contributed by atoms with Crippen molar-refractivity contribution in [3.8, 4) is 5.75 Å². The van der Waals surface area contributed by atoms with E-state index >= 15 is 0 Å². The van der Waals surface area contributed by atoms with Crippen molar-refractivity contribution >= 4 is 17.5 Å². The Labute approximate surface area is 180 Å². The molecule has 2 aromatic rings. The number of guanidine groups is 1. The minimum Gasteiger partial charge on any atom is -0.497 e. The zero-order valence-corrected chi connectivity index (χ0v) is 16.8. The Morgan fingerprint density at radius 3 is 2.78 bits per heavy atom. The number of aromatic nitrogens is 2. The van der Waals surface area contributed by atoms with Crippen LogP contribution < -0.4 is 15.8 Å². The number of hydrogen-bond acceptors (Lipinski definition) is 12. The number of aliphatic hydroxyl groups is 4. The largest absolute Gasteiger partial charge is 0.497 e. The van der Waals surface area contributed by atoms with E-state index < -0.39 is 41.8 Å². The topological polar surface area (TPSA) is 211 Å². The third kappa shape index (κ3) is 3.53. The van der Waals surface area contributed by atoms with Crippen LogP contribution in [0.5, 0.6) is 5.75 Å². The van der Waals surface area contributed by atoms with E-state index in [-0.39, 0.29) is 35.1 Å². The number of benzene rings is 1. The van der Waals surface area contributed by atoms with Gasteiger partial charge in [0.2, 0.25) is 0 Å². The molecular weight excluding hydrogens is 428 g/mol. The molecule has 2 aliphatic rings. The Bertz CT molecular complexity index is 1070. The van der Waals surface area contributed by atoms with Gasteiger partial charge in [0.05, 0.1) is 25.0 Å². The van der Waals surface area contributed by atoms with E-state index in [4.69, 9.17) is 15.2 Å². The molecule has 0 amide bonds. The molecule has 32 heavy (non-hydrogen) atoms. The predicted molar refractivity (Wildman–Crippen MR) is 107 cm³/mol. The number of nitrogens with zero attached hydrogens (tertiary/aromatic N) is 4. The summed E-state index contributed by atoms with van der Waals surface area (Å²) in [4.78, 5) is 19.2. The quantitative estimate of drug-likeness (QED) is 0.217. The van der Waals surface area contributed by atoms with E-state index in [1.165, 1.54) is 36.2 Å². The summed E-state index contributed by atoms with van der Waals surface area (Å²) in [5, 5.41) is 55.2.